The molecule has 2 aromatic heterocycles. The fourth-order valence-corrected chi connectivity index (χ4v) is 2.48. The number of anilines is 2. The van der Waals surface area contributed by atoms with Gasteiger partial charge in [0.15, 0.2) is 0 Å². The van der Waals surface area contributed by atoms with Gasteiger partial charge in [-0.1, -0.05) is 29.8 Å². The Morgan fingerprint density at radius 1 is 0.920 bits per heavy atom. The highest BCUT2D eigenvalue weighted by Gasteiger charge is 2.06. The second kappa shape index (κ2) is 8.24. The number of hydrogen-bond acceptors (Lipinski definition) is 5. The summed E-state index contributed by atoms with van der Waals surface area (Å²) in [5.41, 5.74) is 3.76. The van der Waals surface area contributed by atoms with Crippen LogP contribution in [0, 0.1) is 6.92 Å². The molecule has 0 amide bonds. The number of likely N-dealkylation sites (N-methyl/N-ethyl adjacent to an activating group) is 1. The van der Waals surface area contributed by atoms with Crippen molar-refractivity contribution in [2.24, 2.45) is 0 Å². The standard InChI is InChI=1S/C20H23N5/c1-16-3-5-18(6-4-16)15-23-19-9-13-22-20(24-19)25(2)14-10-17-7-11-21-12-8-17/h3-9,11-13H,10,14-15H2,1-2H3,(H,22,23,24). The van der Waals surface area contributed by atoms with E-state index in [0.29, 0.717) is 0 Å². The van der Waals surface area contributed by atoms with Crippen LogP contribution in [0.2, 0.25) is 0 Å². The largest absolute Gasteiger partial charge is 0.366 e. The van der Waals surface area contributed by atoms with Gasteiger partial charge < -0.3 is 10.2 Å². The first-order valence-corrected chi connectivity index (χ1v) is 8.43. The van der Waals surface area contributed by atoms with E-state index in [1.54, 1.807) is 6.20 Å². The fourth-order valence-electron chi connectivity index (χ4n) is 2.48. The maximum atomic E-state index is 4.61. The van der Waals surface area contributed by atoms with E-state index >= 15 is 0 Å². The lowest BCUT2D eigenvalue weighted by molar-refractivity contribution is 0.836. The van der Waals surface area contributed by atoms with Crippen molar-refractivity contribution < 1.29 is 0 Å². The second-order valence-electron chi connectivity index (χ2n) is 6.11. The molecule has 1 aromatic carbocycles. The van der Waals surface area contributed by atoms with Crippen LogP contribution < -0.4 is 10.2 Å². The molecule has 128 valence electrons. The Kier molecular flexibility index (Phi) is 5.57. The average molecular weight is 333 g/mol. The number of benzene rings is 1. The molecule has 5 nitrogen and oxygen atoms in total. The molecule has 0 bridgehead atoms. The molecular weight excluding hydrogens is 310 g/mol. The smallest absolute Gasteiger partial charge is 0.226 e. The molecule has 0 saturated heterocycles. The number of aryl methyl sites for hydroxylation is 1. The van der Waals surface area contributed by atoms with Crippen LogP contribution in [0.1, 0.15) is 16.7 Å². The van der Waals surface area contributed by atoms with Gasteiger partial charge in [-0.05, 0) is 42.7 Å². The normalized spacial score (nSPS) is 10.5. The molecule has 0 atom stereocenters. The highest BCUT2D eigenvalue weighted by molar-refractivity contribution is 5.41. The zero-order valence-corrected chi connectivity index (χ0v) is 14.7. The monoisotopic (exact) mass is 333 g/mol. The van der Waals surface area contributed by atoms with E-state index < -0.39 is 0 Å². The van der Waals surface area contributed by atoms with E-state index in [4.69, 9.17) is 0 Å². The lowest BCUT2D eigenvalue weighted by Crippen LogP contribution is -2.22. The molecule has 3 rings (SSSR count). The lowest BCUT2D eigenvalue weighted by atomic mass is 10.1. The topological polar surface area (TPSA) is 53.9 Å². The highest BCUT2D eigenvalue weighted by atomic mass is 15.2. The summed E-state index contributed by atoms with van der Waals surface area (Å²) in [5.74, 6) is 1.56. The van der Waals surface area contributed by atoms with Gasteiger partial charge in [-0.3, -0.25) is 4.98 Å². The van der Waals surface area contributed by atoms with Crippen LogP contribution in [-0.4, -0.2) is 28.5 Å². The van der Waals surface area contributed by atoms with E-state index in [1.807, 2.05) is 37.6 Å². The van der Waals surface area contributed by atoms with Crippen molar-refractivity contribution in [2.75, 3.05) is 23.8 Å². The Bertz CT molecular complexity index is 787. The average Bonchev–Trinajstić information content (AvgIpc) is 2.67. The van der Waals surface area contributed by atoms with Gasteiger partial charge in [0.1, 0.15) is 5.82 Å². The third kappa shape index (κ3) is 5.01. The van der Waals surface area contributed by atoms with E-state index in [2.05, 4.69) is 56.4 Å². The van der Waals surface area contributed by atoms with Crippen LogP contribution >= 0.6 is 0 Å². The number of pyridine rings is 1. The molecule has 0 unspecified atom stereocenters. The highest BCUT2D eigenvalue weighted by Crippen LogP contribution is 2.12. The first-order chi connectivity index (χ1) is 12.2. The van der Waals surface area contributed by atoms with Crippen molar-refractivity contribution in [3.63, 3.8) is 0 Å². The lowest BCUT2D eigenvalue weighted by Gasteiger charge is -2.17. The van der Waals surface area contributed by atoms with Crippen LogP contribution in [0.5, 0.6) is 0 Å². The molecule has 25 heavy (non-hydrogen) atoms. The van der Waals surface area contributed by atoms with Crippen molar-refractivity contribution in [2.45, 2.75) is 19.9 Å². The Morgan fingerprint density at radius 2 is 1.68 bits per heavy atom. The van der Waals surface area contributed by atoms with E-state index in [-0.39, 0.29) is 0 Å². The van der Waals surface area contributed by atoms with E-state index in [1.165, 1.54) is 16.7 Å². The molecule has 0 spiro atoms. The van der Waals surface area contributed by atoms with E-state index in [0.717, 1.165) is 31.3 Å². The van der Waals surface area contributed by atoms with Gasteiger partial charge in [-0.2, -0.15) is 4.98 Å². The Hall–Kier alpha value is -2.95. The number of hydrogen-bond donors (Lipinski definition) is 1. The zero-order chi connectivity index (χ0) is 17.5. The molecule has 5 heteroatoms. The summed E-state index contributed by atoms with van der Waals surface area (Å²) in [6, 6.07) is 14.5. The minimum absolute atomic E-state index is 0.725. The molecule has 0 aliphatic rings. The van der Waals surface area contributed by atoms with Crippen LogP contribution in [0.15, 0.2) is 61.1 Å². The van der Waals surface area contributed by atoms with Gasteiger partial charge in [-0.15, -0.1) is 0 Å². The second-order valence-corrected chi connectivity index (χ2v) is 6.11. The quantitative estimate of drug-likeness (QED) is 0.717. The number of rotatable bonds is 7. The van der Waals surface area contributed by atoms with Gasteiger partial charge in [-0.25, -0.2) is 4.98 Å². The summed E-state index contributed by atoms with van der Waals surface area (Å²) in [5, 5.41) is 3.36. The van der Waals surface area contributed by atoms with Crippen molar-refractivity contribution in [1.29, 1.82) is 0 Å². The van der Waals surface area contributed by atoms with Gasteiger partial charge >= 0.3 is 0 Å². The SMILES string of the molecule is Cc1ccc(CNc2ccnc(N(C)CCc3ccncc3)n2)cc1. The third-order valence-electron chi connectivity index (χ3n) is 4.06. The predicted molar refractivity (Wildman–Crippen MR) is 102 cm³/mol. The Labute approximate surface area is 148 Å². The summed E-state index contributed by atoms with van der Waals surface area (Å²) >= 11 is 0. The zero-order valence-electron chi connectivity index (χ0n) is 14.7. The minimum Gasteiger partial charge on any atom is -0.366 e. The molecule has 0 aliphatic heterocycles. The van der Waals surface area contributed by atoms with Gasteiger partial charge in [0.05, 0.1) is 0 Å². The van der Waals surface area contributed by atoms with Crippen molar-refractivity contribution in [3.8, 4) is 0 Å². The summed E-state index contributed by atoms with van der Waals surface area (Å²) in [4.78, 5) is 15.1. The van der Waals surface area contributed by atoms with Crippen LogP contribution in [0.4, 0.5) is 11.8 Å². The summed E-state index contributed by atoms with van der Waals surface area (Å²) in [7, 11) is 2.01. The number of nitrogens with one attached hydrogen (secondary N) is 1. The maximum absolute atomic E-state index is 4.61. The maximum Gasteiger partial charge on any atom is 0.226 e. The van der Waals surface area contributed by atoms with Crippen LogP contribution in [-0.2, 0) is 13.0 Å². The molecular formula is C20H23N5. The first-order valence-electron chi connectivity index (χ1n) is 8.43. The molecule has 1 N–H and O–H groups in total. The molecule has 0 aliphatic carbocycles. The van der Waals surface area contributed by atoms with Crippen molar-refractivity contribution in [3.05, 3.63) is 77.7 Å². The number of aromatic nitrogens is 3. The molecule has 2 heterocycles. The van der Waals surface area contributed by atoms with Gasteiger partial charge in [0.25, 0.3) is 0 Å². The molecule has 0 saturated carbocycles. The van der Waals surface area contributed by atoms with Crippen LogP contribution in [0.3, 0.4) is 0 Å². The summed E-state index contributed by atoms with van der Waals surface area (Å²) < 4.78 is 0. The third-order valence-corrected chi connectivity index (χ3v) is 4.06. The number of nitrogens with zero attached hydrogens (tertiary/aromatic N) is 4. The molecule has 0 fully saturated rings. The van der Waals surface area contributed by atoms with Crippen LogP contribution in [0.25, 0.3) is 0 Å². The van der Waals surface area contributed by atoms with Crippen molar-refractivity contribution in [1.82, 2.24) is 15.0 Å². The first kappa shape index (κ1) is 16.9. The molecule has 0 radical (unpaired) electrons. The van der Waals surface area contributed by atoms with Gasteiger partial charge in [0.2, 0.25) is 5.95 Å². The summed E-state index contributed by atoms with van der Waals surface area (Å²) in [6.45, 7) is 3.69. The fraction of sp³-hybridized carbons (Fsp3) is 0.250. The molecule has 3 aromatic rings. The Balaban J connectivity index is 1.57. The summed E-state index contributed by atoms with van der Waals surface area (Å²) in [6.07, 6.45) is 6.37. The van der Waals surface area contributed by atoms with Crippen molar-refractivity contribution >= 4 is 11.8 Å². The predicted octanol–water partition coefficient (Wildman–Crippen LogP) is 3.47. The van der Waals surface area contributed by atoms with E-state index in [9.17, 15) is 0 Å². The Morgan fingerprint density at radius 3 is 2.44 bits per heavy atom. The minimum atomic E-state index is 0.725. The van der Waals surface area contributed by atoms with Gasteiger partial charge in [0, 0.05) is 38.7 Å².